The van der Waals surface area contributed by atoms with Gasteiger partial charge in [-0.05, 0) is 42.1 Å². The Morgan fingerprint density at radius 3 is 2.43 bits per heavy atom. The molecule has 14 heavy (non-hydrogen) atoms. The molecule has 2 unspecified atom stereocenters. The van der Waals surface area contributed by atoms with E-state index in [2.05, 4.69) is 28.0 Å². The first-order valence-electron chi connectivity index (χ1n) is 4.87. The molecule has 3 nitrogen and oxygen atoms in total. The largest absolute Gasteiger partial charge is 0.328 e. The molecule has 0 saturated carbocycles. The van der Waals surface area contributed by atoms with E-state index in [9.17, 15) is 0 Å². The van der Waals surface area contributed by atoms with E-state index in [1.54, 1.807) is 0 Å². The van der Waals surface area contributed by atoms with Crippen LogP contribution in [0.3, 0.4) is 0 Å². The van der Waals surface area contributed by atoms with Crippen LogP contribution in [0.2, 0.25) is 0 Å². The summed E-state index contributed by atoms with van der Waals surface area (Å²) >= 11 is 3.55. The van der Waals surface area contributed by atoms with Crippen LogP contribution in [0.25, 0.3) is 0 Å². The van der Waals surface area contributed by atoms with E-state index < -0.39 is 0 Å². The Balaban J connectivity index is 2.86. The lowest BCUT2D eigenvalue weighted by Gasteiger charge is -2.15. The average Bonchev–Trinajstić information content (AvgIpc) is 2.32. The van der Waals surface area contributed by atoms with Crippen molar-refractivity contribution in [1.29, 1.82) is 0 Å². The van der Waals surface area contributed by atoms with Gasteiger partial charge >= 0.3 is 0 Å². The molecule has 0 aliphatic rings. The van der Waals surface area contributed by atoms with Crippen LogP contribution < -0.4 is 5.73 Å². The second kappa shape index (κ2) is 4.45. The third kappa shape index (κ3) is 2.36. The minimum absolute atomic E-state index is 0.220. The number of hydrogen-bond acceptors (Lipinski definition) is 2. The van der Waals surface area contributed by atoms with Crippen LogP contribution in [-0.4, -0.2) is 15.8 Å². The predicted molar refractivity (Wildman–Crippen MR) is 62.2 cm³/mol. The van der Waals surface area contributed by atoms with E-state index in [1.807, 2.05) is 25.6 Å². The van der Waals surface area contributed by atoms with Crippen LogP contribution in [-0.2, 0) is 13.5 Å². The second-order valence-corrected chi connectivity index (χ2v) is 4.80. The van der Waals surface area contributed by atoms with E-state index in [4.69, 9.17) is 5.73 Å². The van der Waals surface area contributed by atoms with E-state index in [-0.39, 0.29) is 6.04 Å². The van der Waals surface area contributed by atoms with Crippen molar-refractivity contribution in [1.82, 2.24) is 9.78 Å². The minimum atomic E-state index is 0.220. The molecule has 0 aromatic carbocycles. The van der Waals surface area contributed by atoms with Gasteiger partial charge in [-0.2, -0.15) is 5.10 Å². The predicted octanol–water partition coefficient (Wildman–Crippen LogP) is 2.02. The standard InChI is InChI=1S/C10H18BrN3/c1-6(7(2)12)5-9-10(11)8(3)13-14(9)4/h6-7H,5,12H2,1-4H3. The van der Waals surface area contributed by atoms with Gasteiger partial charge in [-0.3, -0.25) is 4.68 Å². The van der Waals surface area contributed by atoms with Crippen molar-refractivity contribution in [2.24, 2.45) is 18.7 Å². The Morgan fingerprint density at radius 1 is 1.50 bits per heavy atom. The molecule has 1 heterocycles. The van der Waals surface area contributed by atoms with E-state index >= 15 is 0 Å². The highest BCUT2D eigenvalue weighted by Gasteiger charge is 2.15. The number of aromatic nitrogens is 2. The summed E-state index contributed by atoms with van der Waals surface area (Å²) in [4.78, 5) is 0. The van der Waals surface area contributed by atoms with Gasteiger partial charge in [-0.25, -0.2) is 0 Å². The third-order valence-electron chi connectivity index (χ3n) is 2.67. The zero-order chi connectivity index (χ0) is 10.9. The summed E-state index contributed by atoms with van der Waals surface area (Å²) in [5.41, 5.74) is 8.12. The molecule has 1 rings (SSSR count). The number of rotatable bonds is 3. The van der Waals surface area contributed by atoms with Crippen molar-refractivity contribution in [3.05, 3.63) is 15.9 Å². The number of halogens is 1. The molecule has 0 fully saturated rings. The van der Waals surface area contributed by atoms with Gasteiger partial charge in [0, 0.05) is 13.1 Å². The minimum Gasteiger partial charge on any atom is -0.328 e. The maximum Gasteiger partial charge on any atom is 0.0738 e. The van der Waals surface area contributed by atoms with Gasteiger partial charge in [0.05, 0.1) is 15.9 Å². The highest BCUT2D eigenvalue weighted by Crippen LogP contribution is 2.23. The highest BCUT2D eigenvalue weighted by molar-refractivity contribution is 9.10. The maximum absolute atomic E-state index is 5.85. The van der Waals surface area contributed by atoms with E-state index in [0.29, 0.717) is 5.92 Å². The summed E-state index contributed by atoms with van der Waals surface area (Å²) in [6.45, 7) is 6.21. The summed E-state index contributed by atoms with van der Waals surface area (Å²) in [7, 11) is 1.97. The monoisotopic (exact) mass is 259 g/mol. The zero-order valence-electron chi connectivity index (χ0n) is 9.21. The van der Waals surface area contributed by atoms with Crippen molar-refractivity contribution in [2.45, 2.75) is 33.2 Å². The lowest BCUT2D eigenvalue weighted by atomic mass is 9.98. The fourth-order valence-electron chi connectivity index (χ4n) is 1.39. The molecule has 0 aliphatic carbocycles. The molecule has 1 aromatic heterocycles. The van der Waals surface area contributed by atoms with E-state index in [0.717, 1.165) is 16.6 Å². The summed E-state index contributed by atoms with van der Waals surface area (Å²) in [6.07, 6.45) is 0.968. The first-order valence-corrected chi connectivity index (χ1v) is 5.66. The summed E-state index contributed by atoms with van der Waals surface area (Å²) < 4.78 is 3.05. The highest BCUT2D eigenvalue weighted by atomic mass is 79.9. The molecule has 2 atom stereocenters. The second-order valence-electron chi connectivity index (χ2n) is 4.01. The van der Waals surface area contributed by atoms with Crippen molar-refractivity contribution in [2.75, 3.05) is 0 Å². The van der Waals surface area contributed by atoms with Crippen LogP contribution in [0.1, 0.15) is 25.2 Å². The first kappa shape index (κ1) is 11.7. The van der Waals surface area contributed by atoms with Gasteiger partial charge in [0.15, 0.2) is 0 Å². The molecule has 0 amide bonds. The molecular weight excluding hydrogens is 242 g/mol. The fourth-order valence-corrected chi connectivity index (χ4v) is 1.89. The summed E-state index contributed by atoms with van der Waals surface area (Å²) in [5.74, 6) is 0.473. The van der Waals surface area contributed by atoms with Crippen LogP contribution in [0.15, 0.2) is 4.47 Å². The Bertz CT molecular complexity index is 317. The summed E-state index contributed by atoms with van der Waals surface area (Å²) in [6, 6.07) is 0.220. The molecule has 0 bridgehead atoms. The molecule has 0 radical (unpaired) electrons. The third-order valence-corrected chi connectivity index (χ3v) is 3.71. The quantitative estimate of drug-likeness (QED) is 0.903. The Morgan fingerprint density at radius 2 is 2.07 bits per heavy atom. The Hall–Kier alpha value is -0.350. The van der Waals surface area contributed by atoms with Crippen LogP contribution in [0.4, 0.5) is 0 Å². The van der Waals surface area contributed by atoms with Gasteiger partial charge < -0.3 is 5.73 Å². The lowest BCUT2D eigenvalue weighted by Crippen LogP contribution is -2.26. The Labute approximate surface area is 93.8 Å². The molecule has 80 valence electrons. The molecule has 0 saturated heterocycles. The van der Waals surface area contributed by atoms with Gasteiger partial charge in [0.2, 0.25) is 0 Å². The Kier molecular flexibility index (Phi) is 3.72. The van der Waals surface area contributed by atoms with Crippen molar-refractivity contribution >= 4 is 15.9 Å². The van der Waals surface area contributed by atoms with Crippen LogP contribution in [0.5, 0.6) is 0 Å². The molecule has 0 aliphatic heterocycles. The fraction of sp³-hybridized carbons (Fsp3) is 0.700. The molecule has 1 aromatic rings. The van der Waals surface area contributed by atoms with Crippen molar-refractivity contribution < 1.29 is 0 Å². The van der Waals surface area contributed by atoms with Gasteiger partial charge in [-0.15, -0.1) is 0 Å². The zero-order valence-corrected chi connectivity index (χ0v) is 10.8. The van der Waals surface area contributed by atoms with E-state index in [1.165, 1.54) is 5.69 Å². The molecular formula is C10H18BrN3. The number of nitrogens with two attached hydrogens (primary N) is 1. The first-order chi connectivity index (χ1) is 6.43. The van der Waals surface area contributed by atoms with Gasteiger partial charge in [0.25, 0.3) is 0 Å². The maximum atomic E-state index is 5.85. The lowest BCUT2D eigenvalue weighted by molar-refractivity contribution is 0.466. The smallest absolute Gasteiger partial charge is 0.0738 e. The molecule has 2 N–H and O–H groups in total. The summed E-state index contributed by atoms with van der Waals surface area (Å²) in [5, 5.41) is 4.35. The van der Waals surface area contributed by atoms with Crippen molar-refractivity contribution in [3.8, 4) is 0 Å². The number of aryl methyl sites for hydroxylation is 2. The number of nitrogens with zero attached hydrogens (tertiary/aromatic N) is 2. The van der Waals surface area contributed by atoms with Crippen LogP contribution >= 0.6 is 15.9 Å². The molecule has 0 spiro atoms. The van der Waals surface area contributed by atoms with Gasteiger partial charge in [-0.1, -0.05) is 6.92 Å². The van der Waals surface area contributed by atoms with Gasteiger partial charge in [0.1, 0.15) is 0 Å². The van der Waals surface area contributed by atoms with Crippen LogP contribution in [0, 0.1) is 12.8 Å². The van der Waals surface area contributed by atoms with Crippen molar-refractivity contribution in [3.63, 3.8) is 0 Å². The topological polar surface area (TPSA) is 43.8 Å². The normalized spacial score (nSPS) is 15.6. The number of hydrogen-bond donors (Lipinski definition) is 1. The SMILES string of the molecule is Cc1nn(C)c(CC(C)C(C)N)c1Br. The molecule has 4 heteroatoms. The average molecular weight is 260 g/mol.